The smallest absolute Gasteiger partial charge is 0.239 e. The van der Waals surface area contributed by atoms with Crippen molar-refractivity contribution in [2.75, 3.05) is 19.3 Å². The van der Waals surface area contributed by atoms with Crippen molar-refractivity contribution in [2.24, 2.45) is 0 Å². The summed E-state index contributed by atoms with van der Waals surface area (Å²) in [5.74, 6) is 0.392. The largest absolute Gasteiger partial charge is 0.358 e. The summed E-state index contributed by atoms with van der Waals surface area (Å²) in [6.07, 6.45) is 0. The highest BCUT2D eigenvalue weighted by Gasteiger charge is 2.12. The SMILES string of the molecule is CNC(=O)CNC(=O)CSc1nc(-c2cccs2)nc2ccccc12. The average molecular weight is 372 g/mol. The van der Waals surface area contributed by atoms with E-state index in [1.807, 2.05) is 41.8 Å². The van der Waals surface area contributed by atoms with Gasteiger partial charge in [-0.2, -0.15) is 0 Å². The number of thioether (sulfide) groups is 1. The maximum Gasteiger partial charge on any atom is 0.239 e. The molecule has 8 heteroatoms. The first-order valence-electron chi connectivity index (χ1n) is 7.58. The number of thiophene rings is 1. The second-order valence-corrected chi connectivity index (χ2v) is 7.00. The van der Waals surface area contributed by atoms with Crippen molar-refractivity contribution < 1.29 is 9.59 Å². The second kappa shape index (κ2) is 8.09. The predicted molar refractivity (Wildman–Crippen MR) is 101 cm³/mol. The molecule has 0 aliphatic rings. The monoisotopic (exact) mass is 372 g/mol. The Kier molecular flexibility index (Phi) is 5.62. The summed E-state index contributed by atoms with van der Waals surface area (Å²) in [6, 6.07) is 11.7. The van der Waals surface area contributed by atoms with Gasteiger partial charge in [-0.05, 0) is 17.5 Å². The number of likely N-dealkylation sites (N-methyl/N-ethyl adjacent to an activating group) is 1. The van der Waals surface area contributed by atoms with Gasteiger partial charge in [0.05, 0.1) is 22.7 Å². The van der Waals surface area contributed by atoms with Crippen molar-refractivity contribution in [3.8, 4) is 10.7 Å². The number of benzene rings is 1. The van der Waals surface area contributed by atoms with E-state index in [4.69, 9.17) is 0 Å². The number of hydrogen-bond acceptors (Lipinski definition) is 6. The molecule has 2 aromatic heterocycles. The number of carbonyl (C=O) groups excluding carboxylic acids is 2. The summed E-state index contributed by atoms with van der Waals surface area (Å²) in [6.45, 7) is -0.0269. The van der Waals surface area contributed by atoms with Gasteiger partial charge in [0.2, 0.25) is 11.8 Å². The summed E-state index contributed by atoms with van der Waals surface area (Å²) in [5.41, 5.74) is 0.842. The molecule has 2 heterocycles. The molecular weight excluding hydrogens is 356 g/mol. The van der Waals surface area contributed by atoms with Crippen LogP contribution in [0.4, 0.5) is 0 Å². The fourth-order valence-corrected chi connectivity index (χ4v) is 3.63. The molecule has 0 radical (unpaired) electrons. The number of aromatic nitrogens is 2. The zero-order valence-corrected chi connectivity index (χ0v) is 15.1. The van der Waals surface area contributed by atoms with Crippen molar-refractivity contribution in [1.82, 2.24) is 20.6 Å². The van der Waals surface area contributed by atoms with Gasteiger partial charge in [0, 0.05) is 12.4 Å². The number of hydrogen-bond donors (Lipinski definition) is 2. The third-order valence-electron chi connectivity index (χ3n) is 3.37. The highest BCUT2D eigenvalue weighted by Crippen LogP contribution is 2.29. The van der Waals surface area contributed by atoms with Crippen LogP contribution in [0.25, 0.3) is 21.6 Å². The van der Waals surface area contributed by atoms with Gasteiger partial charge in [-0.1, -0.05) is 36.0 Å². The van der Waals surface area contributed by atoms with Crippen LogP contribution in [0.2, 0.25) is 0 Å². The van der Waals surface area contributed by atoms with Gasteiger partial charge < -0.3 is 10.6 Å². The Morgan fingerprint density at radius 2 is 1.96 bits per heavy atom. The molecule has 0 atom stereocenters. The van der Waals surface area contributed by atoms with Gasteiger partial charge >= 0.3 is 0 Å². The first kappa shape index (κ1) is 17.4. The maximum absolute atomic E-state index is 11.9. The Hall–Kier alpha value is -2.45. The van der Waals surface area contributed by atoms with Crippen LogP contribution in [0.1, 0.15) is 0 Å². The van der Waals surface area contributed by atoms with E-state index in [1.54, 1.807) is 11.3 Å². The minimum Gasteiger partial charge on any atom is -0.358 e. The molecule has 0 fully saturated rings. The molecule has 0 spiro atoms. The van der Waals surface area contributed by atoms with Crippen LogP contribution in [0, 0.1) is 0 Å². The Labute approximate surface area is 153 Å². The summed E-state index contributed by atoms with van der Waals surface area (Å²) in [5, 5.41) is 8.68. The standard InChI is InChI=1S/C17H16N4O2S2/c1-18-14(22)9-19-15(23)10-25-17-11-5-2-3-6-12(11)20-16(21-17)13-7-4-8-24-13/h2-8H,9-10H2,1H3,(H,18,22)(H,19,23). The molecular formula is C17H16N4O2S2. The zero-order chi connectivity index (χ0) is 17.6. The van der Waals surface area contributed by atoms with E-state index in [1.165, 1.54) is 18.8 Å². The fourth-order valence-electron chi connectivity index (χ4n) is 2.13. The van der Waals surface area contributed by atoms with Crippen molar-refractivity contribution in [1.29, 1.82) is 0 Å². The molecule has 0 saturated heterocycles. The first-order chi connectivity index (χ1) is 12.2. The molecule has 3 rings (SSSR count). The molecule has 0 aliphatic carbocycles. The minimum absolute atomic E-state index is 0.0269. The van der Waals surface area contributed by atoms with Crippen LogP contribution in [0.15, 0.2) is 46.8 Å². The van der Waals surface area contributed by atoms with E-state index in [2.05, 4.69) is 20.6 Å². The summed E-state index contributed by atoms with van der Waals surface area (Å²) in [4.78, 5) is 33.3. The molecule has 0 unspecified atom stereocenters. The molecule has 128 valence electrons. The van der Waals surface area contributed by atoms with Crippen molar-refractivity contribution in [3.63, 3.8) is 0 Å². The molecule has 25 heavy (non-hydrogen) atoms. The lowest BCUT2D eigenvalue weighted by Gasteiger charge is -2.08. The summed E-state index contributed by atoms with van der Waals surface area (Å²) < 4.78 is 0. The predicted octanol–water partition coefficient (Wildman–Crippen LogP) is 2.31. The van der Waals surface area contributed by atoms with Crippen LogP contribution in [0.5, 0.6) is 0 Å². The quantitative estimate of drug-likeness (QED) is 0.512. The molecule has 2 amide bonds. The Bertz CT molecular complexity index is 897. The number of nitrogens with zero attached hydrogens (tertiary/aromatic N) is 2. The van der Waals surface area contributed by atoms with Crippen LogP contribution in [-0.2, 0) is 9.59 Å². The Balaban J connectivity index is 1.80. The van der Waals surface area contributed by atoms with Gasteiger partial charge in [0.15, 0.2) is 5.82 Å². The van der Waals surface area contributed by atoms with E-state index in [9.17, 15) is 9.59 Å². The highest BCUT2D eigenvalue weighted by atomic mass is 32.2. The number of carbonyl (C=O) groups is 2. The van der Waals surface area contributed by atoms with E-state index >= 15 is 0 Å². The molecule has 0 aliphatic heterocycles. The summed E-state index contributed by atoms with van der Waals surface area (Å²) >= 11 is 2.91. The zero-order valence-electron chi connectivity index (χ0n) is 13.5. The number of nitrogens with one attached hydrogen (secondary N) is 2. The van der Waals surface area contributed by atoms with E-state index in [0.717, 1.165) is 20.8 Å². The minimum atomic E-state index is -0.231. The summed E-state index contributed by atoms with van der Waals surface area (Å²) in [7, 11) is 1.53. The van der Waals surface area contributed by atoms with Gasteiger partial charge in [-0.15, -0.1) is 11.3 Å². The van der Waals surface area contributed by atoms with Crippen LogP contribution < -0.4 is 10.6 Å². The van der Waals surface area contributed by atoms with Crippen LogP contribution >= 0.6 is 23.1 Å². The third kappa shape index (κ3) is 4.34. The molecule has 3 aromatic rings. The first-order valence-corrected chi connectivity index (χ1v) is 9.44. The molecule has 2 N–H and O–H groups in total. The fraction of sp³-hybridized carbons (Fsp3) is 0.176. The lowest BCUT2D eigenvalue weighted by atomic mass is 10.2. The highest BCUT2D eigenvalue weighted by molar-refractivity contribution is 8.00. The molecule has 1 aromatic carbocycles. The van der Waals surface area contributed by atoms with Gasteiger partial charge in [-0.3, -0.25) is 9.59 Å². The van der Waals surface area contributed by atoms with Crippen LogP contribution in [0.3, 0.4) is 0 Å². The van der Waals surface area contributed by atoms with Gasteiger partial charge in [0.25, 0.3) is 0 Å². The number of amides is 2. The van der Waals surface area contributed by atoms with E-state index in [-0.39, 0.29) is 24.1 Å². The van der Waals surface area contributed by atoms with Crippen LogP contribution in [-0.4, -0.2) is 41.1 Å². The van der Waals surface area contributed by atoms with Gasteiger partial charge in [0.1, 0.15) is 5.03 Å². The normalized spacial score (nSPS) is 10.6. The lowest BCUT2D eigenvalue weighted by Crippen LogP contribution is -2.36. The lowest BCUT2D eigenvalue weighted by molar-refractivity contribution is -0.124. The van der Waals surface area contributed by atoms with Crippen molar-refractivity contribution >= 4 is 45.8 Å². The second-order valence-electron chi connectivity index (χ2n) is 5.09. The van der Waals surface area contributed by atoms with E-state index < -0.39 is 0 Å². The van der Waals surface area contributed by atoms with Crippen molar-refractivity contribution in [3.05, 3.63) is 41.8 Å². The van der Waals surface area contributed by atoms with Crippen molar-refractivity contribution in [2.45, 2.75) is 5.03 Å². The maximum atomic E-state index is 11.9. The number of rotatable bonds is 6. The third-order valence-corrected chi connectivity index (χ3v) is 5.23. The number of para-hydroxylation sites is 1. The topological polar surface area (TPSA) is 84.0 Å². The number of fused-ring (bicyclic) bond motifs is 1. The molecule has 6 nitrogen and oxygen atoms in total. The molecule has 0 saturated carbocycles. The van der Waals surface area contributed by atoms with Gasteiger partial charge in [-0.25, -0.2) is 9.97 Å². The van der Waals surface area contributed by atoms with E-state index in [0.29, 0.717) is 5.82 Å². The molecule has 0 bridgehead atoms. The average Bonchev–Trinajstić information content (AvgIpc) is 3.18. The Morgan fingerprint density at radius 3 is 2.72 bits per heavy atom. The Morgan fingerprint density at radius 1 is 1.12 bits per heavy atom.